The number of aliphatic hydroxyl groups excluding tert-OH is 2. The molecule has 98 valence electrons. The molecule has 0 heterocycles. The first-order valence-electron chi connectivity index (χ1n) is 5.07. The van der Waals surface area contributed by atoms with Gasteiger partial charge >= 0.3 is 11.9 Å². The monoisotopic (exact) mass is 255 g/mol. The molecule has 0 aromatic heterocycles. The number of carboxylic acid groups (broad SMARTS) is 2. The van der Waals surface area contributed by atoms with Crippen molar-refractivity contribution >= 4 is 11.9 Å². The van der Waals surface area contributed by atoms with Gasteiger partial charge in [0.1, 0.15) is 0 Å². The highest BCUT2D eigenvalue weighted by Gasteiger charge is 2.15. The molecule has 1 atom stereocenters. The first kappa shape index (κ1) is 14.1. The van der Waals surface area contributed by atoms with Gasteiger partial charge in [-0.3, -0.25) is 5.32 Å². The minimum absolute atomic E-state index is 0.0152. The number of carboxylic acids is 2. The number of hydrogen-bond acceptors (Lipinski definition) is 5. The van der Waals surface area contributed by atoms with E-state index in [1.165, 1.54) is 12.1 Å². The lowest BCUT2D eigenvalue weighted by Crippen LogP contribution is -2.22. The minimum atomic E-state index is -1.28. The molecule has 18 heavy (non-hydrogen) atoms. The zero-order chi connectivity index (χ0) is 13.7. The fourth-order valence-corrected chi connectivity index (χ4v) is 1.41. The number of carbonyl (C=O) groups is 2. The van der Waals surface area contributed by atoms with Crippen LogP contribution in [0.25, 0.3) is 0 Å². The molecule has 0 radical (unpaired) electrons. The molecule has 1 aromatic rings. The predicted molar refractivity (Wildman–Crippen MR) is 60.4 cm³/mol. The maximum Gasteiger partial charge on any atom is 0.335 e. The molecule has 0 aliphatic heterocycles. The third kappa shape index (κ3) is 3.52. The summed E-state index contributed by atoms with van der Waals surface area (Å²) in [6, 6.07) is 3.40. The van der Waals surface area contributed by atoms with Gasteiger partial charge in [0.05, 0.1) is 24.0 Å². The topological polar surface area (TPSA) is 127 Å². The van der Waals surface area contributed by atoms with E-state index in [9.17, 15) is 14.7 Å². The van der Waals surface area contributed by atoms with Crippen LogP contribution in [0.3, 0.4) is 0 Å². The van der Waals surface area contributed by atoms with Gasteiger partial charge in [-0.15, -0.1) is 0 Å². The number of nitrogens with one attached hydrogen (secondary N) is 1. The second-order valence-electron chi connectivity index (χ2n) is 3.58. The Bertz CT molecular complexity index is 427. The van der Waals surface area contributed by atoms with Crippen LogP contribution in [0.5, 0.6) is 0 Å². The highest BCUT2D eigenvalue weighted by atomic mass is 16.4. The first-order chi connectivity index (χ1) is 8.45. The van der Waals surface area contributed by atoms with Gasteiger partial charge in [0.25, 0.3) is 0 Å². The van der Waals surface area contributed by atoms with E-state index in [0.717, 1.165) is 6.07 Å². The van der Waals surface area contributed by atoms with Crippen molar-refractivity contribution < 1.29 is 30.0 Å². The predicted octanol–water partition coefficient (Wildman–Crippen LogP) is -0.344. The van der Waals surface area contributed by atoms with Gasteiger partial charge in [-0.25, -0.2) is 9.59 Å². The van der Waals surface area contributed by atoms with Crippen LogP contribution in [-0.2, 0) is 0 Å². The first-order valence-corrected chi connectivity index (χ1v) is 5.07. The highest BCUT2D eigenvalue weighted by molar-refractivity contribution is 5.94. The SMILES string of the molecule is O=C(O)c1cc(C(=O)O)cc(C(O)CNCO)c1. The van der Waals surface area contributed by atoms with Crippen molar-refractivity contribution in [2.75, 3.05) is 13.3 Å². The van der Waals surface area contributed by atoms with E-state index < -0.39 is 18.0 Å². The largest absolute Gasteiger partial charge is 0.478 e. The zero-order valence-electron chi connectivity index (χ0n) is 9.33. The van der Waals surface area contributed by atoms with Crippen LogP contribution in [0.1, 0.15) is 32.4 Å². The van der Waals surface area contributed by atoms with E-state index in [1.54, 1.807) is 0 Å². The molecule has 1 aromatic carbocycles. The molecule has 0 amide bonds. The standard InChI is InChI=1S/C11H13NO6/c13-5-12-4-9(14)6-1-7(10(15)16)3-8(2-6)11(17)18/h1-3,9,12-14H,4-5H2,(H,15,16)(H,17,18). The number of aromatic carboxylic acids is 2. The Kier molecular flexibility index (Phi) is 4.78. The van der Waals surface area contributed by atoms with Crippen LogP contribution >= 0.6 is 0 Å². The van der Waals surface area contributed by atoms with Crippen molar-refractivity contribution in [1.82, 2.24) is 5.32 Å². The third-order valence-corrected chi connectivity index (χ3v) is 2.28. The van der Waals surface area contributed by atoms with Crippen molar-refractivity contribution in [2.24, 2.45) is 0 Å². The molecule has 0 fully saturated rings. The molecule has 1 rings (SSSR count). The van der Waals surface area contributed by atoms with Gasteiger partial charge in [-0.05, 0) is 23.8 Å². The van der Waals surface area contributed by atoms with E-state index in [1.807, 2.05) is 0 Å². The molecule has 1 unspecified atom stereocenters. The van der Waals surface area contributed by atoms with Gasteiger partial charge in [0.2, 0.25) is 0 Å². The fraction of sp³-hybridized carbons (Fsp3) is 0.273. The van der Waals surface area contributed by atoms with Crippen LogP contribution in [0, 0.1) is 0 Å². The lowest BCUT2D eigenvalue weighted by Gasteiger charge is -2.12. The Balaban J connectivity index is 3.10. The summed E-state index contributed by atoms with van der Waals surface area (Å²) in [4.78, 5) is 21.7. The average Bonchev–Trinajstić information content (AvgIpc) is 2.35. The summed E-state index contributed by atoms with van der Waals surface area (Å²) in [6.45, 7) is -0.361. The Morgan fingerprint density at radius 2 is 1.61 bits per heavy atom. The molecule has 0 saturated carbocycles. The molecule has 7 heteroatoms. The van der Waals surface area contributed by atoms with Crippen molar-refractivity contribution in [3.8, 4) is 0 Å². The maximum atomic E-state index is 10.8. The summed E-state index contributed by atoms with van der Waals surface area (Å²) in [6.07, 6.45) is -1.10. The molecule has 0 spiro atoms. The highest BCUT2D eigenvalue weighted by Crippen LogP contribution is 2.17. The minimum Gasteiger partial charge on any atom is -0.478 e. The van der Waals surface area contributed by atoms with E-state index in [4.69, 9.17) is 15.3 Å². The molecule has 7 nitrogen and oxygen atoms in total. The summed E-state index contributed by atoms with van der Waals surface area (Å²) in [5, 5.41) is 38.4. The lowest BCUT2D eigenvalue weighted by molar-refractivity contribution is 0.0696. The molecule has 0 aliphatic carbocycles. The van der Waals surface area contributed by atoms with Crippen LogP contribution in [0.4, 0.5) is 0 Å². The Morgan fingerprint density at radius 3 is 2.00 bits per heavy atom. The van der Waals surface area contributed by atoms with E-state index >= 15 is 0 Å². The Labute approximate surface area is 102 Å². The number of hydrogen-bond donors (Lipinski definition) is 5. The van der Waals surface area contributed by atoms with Crippen molar-refractivity contribution in [1.29, 1.82) is 0 Å². The van der Waals surface area contributed by atoms with Crippen molar-refractivity contribution in [3.63, 3.8) is 0 Å². The molecule has 5 N–H and O–H groups in total. The lowest BCUT2D eigenvalue weighted by atomic mass is 10.0. The normalized spacial score (nSPS) is 12.1. The molecular formula is C11H13NO6. The van der Waals surface area contributed by atoms with Gasteiger partial charge in [0.15, 0.2) is 0 Å². The molecular weight excluding hydrogens is 242 g/mol. The Hall–Kier alpha value is -1.96. The van der Waals surface area contributed by atoms with Crippen LogP contribution in [0.2, 0.25) is 0 Å². The van der Waals surface area contributed by atoms with Crippen LogP contribution in [0.15, 0.2) is 18.2 Å². The fourth-order valence-electron chi connectivity index (χ4n) is 1.41. The molecule has 0 saturated heterocycles. The quantitative estimate of drug-likeness (QED) is 0.440. The van der Waals surface area contributed by atoms with E-state index in [0.29, 0.717) is 0 Å². The summed E-state index contributed by atoms with van der Waals surface area (Å²) in [7, 11) is 0. The summed E-state index contributed by atoms with van der Waals surface area (Å²) < 4.78 is 0. The second-order valence-corrected chi connectivity index (χ2v) is 3.58. The number of aliphatic hydroxyl groups is 2. The maximum absolute atomic E-state index is 10.8. The molecule has 0 aliphatic rings. The van der Waals surface area contributed by atoms with Gasteiger partial charge in [0, 0.05) is 6.54 Å². The molecule has 0 bridgehead atoms. The third-order valence-electron chi connectivity index (χ3n) is 2.28. The van der Waals surface area contributed by atoms with Crippen molar-refractivity contribution in [3.05, 3.63) is 34.9 Å². The van der Waals surface area contributed by atoms with E-state index in [-0.39, 0.29) is 30.0 Å². The van der Waals surface area contributed by atoms with E-state index in [2.05, 4.69) is 5.32 Å². The van der Waals surface area contributed by atoms with Crippen LogP contribution in [-0.4, -0.2) is 45.6 Å². The average molecular weight is 255 g/mol. The zero-order valence-corrected chi connectivity index (χ0v) is 9.33. The van der Waals surface area contributed by atoms with Gasteiger partial charge < -0.3 is 20.4 Å². The smallest absolute Gasteiger partial charge is 0.335 e. The van der Waals surface area contributed by atoms with Gasteiger partial charge in [-0.1, -0.05) is 0 Å². The Morgan fingerprint density at radius 1 is 1.11 bits per heavy atom. The number of benzene rings is 1. The van der Waals surface area contributed by atoms with Crippen molar-refractivity contribution in [2.45, 2.75) is 6.10 Å². The summed E-state index contributed by atoms with van der Waals surface area (Å²) in [5.74, 6) is -2.55. The summed E-state index contributed by atoms with van der Waals surface area (Å²) >= 11 is 0. The second kappa shape index (κ2) is 6.10. The summed E-state index contributed by atoms with van der Waals surface area (Å²) in [5.41, 5.74) is -0.269. The van der Waals surface area contributed by atoms with Crippen LogP contribution < -0.4 is 5.32 Å². The number of rotatable bonds is 6. The van der Waals surface area contributed by atoms with Gasteiger partial charge in [-0.2, -0.15) is 0 Å².